The van der Waals surface area contributed by atoms with Crippen LogP contribution < -0.4 is 19.6 Å². The lowest BCUT2D eigenvalue weighted by atomic mass is 10.0. The zero-order chi connectivity index (χ0) is 45.4. The average Bonchev–Trinajstić information content (AvgIpc) is 3.97. The lowest BCUT2D eigenvalue weighted by Crippen LogP contribution is -2.31. The van der Waals surface area contributed by atoms with Gasteiger partial charge in [0.1, 0.15) is 0 Å². The van der Waals surface area contributed by atoms with Gasteiger partial charge in [0, 0.05) is 60.3 Å². The van der Waals surface area contributed by atoms with Crippen molar-refractivity contribution in [3.8, 4) is 11.1 Å². The second kappa shape index (κ2) is 15.0. The van der Waals surface area contributed by atoms with Crippen molar-refractivity contribution in [2.45, 2.75) is 0 Å². The van der Waals surface area contributed by atoms with Gasteiger partial charge in [0.05, 0.1) is 67.3 Å². The molecule has 0 spiro atoms. The predicted octanol–water partition coefficient (Wildman–Crippen LogP) is 6.98. The third-order valence-electron chi connectivity index (χ3n) is 11.7. The van der Waals surface area contributed by atoms with E-state index in [0.29, 0.717) is 44.6 Å². The van der Waals surface area contributed by atoms with Crippen molar-refractivity contribution in [2.75, 3.05) is 19.6 Å². The molecule has 8 heterocycles. The Balaban J connectivity index is 0.000000146. The molecule has 4 aromatic heterocycles. The first-order valence-electron chi connectivity index (χ1n) is 20.2. The number of nitrogens with zero attached hydrogens (tertiary/aromatic N) is 8. The van der Waals surface area contributed by atoms with Gasteiger partial charge in [-0.05, 0) is 71.8 Å². The predicted molar refractivity (Wildman–Crippen MR) is 237 cm³/mol. The number of benzene rings is 4. The molecular formula is C50H26N8O8. The molecular weight excluding hydrogens is 841 g/mol. The van der Waals surface area contributed by atoms with E-state index in [1.165, 1.54) is 73.8 Å². The van der Waals surface area contributed by atoms with Gasteiger partial charge in [-0.15, -0.1) is 0 Å². The number of aromatic nitrogens is 4. The van der Waals surface area contributed by atoms with Crippen molar-refractivity contribution >= 4 is 80.8 Å². The van der Waals surface area contributed by atoms with E-state index in [0.717, 1.165) is 30.7 Å². The minimum atomic E-state index is -0.470. The number of rotatable bonds is 5. The van der Waals surface area contributed by atoms with Crippen LogP contribution in [0.2, 0.25) is 0 Å². The average molecular weight is 867 g/mol. The molecule has 16 heteroatoms. The monoisotopic (exact) mass is 866 g/mol. The van der Waals surface area contributed by atoms with Gasteiger partial charge < -0.3 is 0 Å². The quantitative estimate of drug-likeness (QED) is 0.161. The van der Waals surface area contributed by atoms with Gasteiger partial charge >= 0.3 is 0 Å². The fourth-order valence-corrected chi connectivity index (χ4v) is 8.51. The van der Waals surface area contributed by atoms with Crippen LogP contribution in [-0.2, 0) is 0 Å². The summed E-state index contributed by atoms with van der Waals surface area (Å²) in [6.45, 7) is 0. The molecule has 8 amide bonds. The molecule has 66 heavy (non-hydrogen) atoms. The topological polar surface area (TPSA) is 201 Å². The zero-order valence-corrected chi connectivity index (χ0v) is 33.9. The highest BCUT2D eigenvalue weighted by Gasteiger charge is 2.41. The highest BCUT2D eigenvalue weighted by molar-refractivity contribution is 6.39. The number of fused-ring (bicyclic) bond motifs is 5. The van der Waals surface area contributed by atoms with Crippen molar-refractivity contribution in [3.63, 3.8) is 0 Å². The minimum Gasteiger partial charge on any atom is -0.268 e. The number of anilines is 4. The molecule has 0 unspecified atom stereocenters. The molecule has 314 valence electrons. The molecule has 0 atom stereocenters. The zero-order valence-electron chi connectivity index (χ0n) is 33.9. The van der Waals surface area contributed by atoms with Crippen LogP contribution in [0.15, 0.2) is 159 Å². The summed E-state index contributed by atoms with van der Waals surface area (Å²) in [5.41, 5.74) is 5.65. The molecule has 4 aliphatic rings. The van der Waals surface area contributed by atoms with Crippen molar-refractivity contribution in [3.05, 3.63) is 203 Å². The number of amides is 8. The first kappa shape index (κ1) is 39.2. The highest BCUT2D eigenvalue weighted by atomic mass is 16.2. The van der Waals surface area contributed by atoms with Gasteiger partial charge in [0.15, 0.2) is 0 Å². The molecule has 0 bridgehead atoms. The van der Waals surface area contributed by atoms with Crippen LogP contribution in [0.4, 0.5) is 22.7 Å². The molecule has 12 rings (SSSR count). The molecule has 0 saturated heterocycles. The Labute approximate surface area is 372 Å². The summed E-state index contributed by atoms with van der Waals surface area (Å²) in [4.78, 5) is 123. The Bertz CT molecular complexity index is 3150. The molecule has 4 aliphatic heterocycles. The second-order valence-corrected chi connectivity index (χ2v) is 15.2. The number of imide groups is 4. The first-order chi connectivity index (χ1) is 32.1. The van der Waals surface area contributed by atoms with Crippen LogP contribution >= 0.6 is 0 Å². The summed E-state index contributed by atoms with van der Waals surface area (Å²) >= 11 is 0. The van der Waals surface area contributed by atoms with Crippen LogP contribution in [-0.4, -0.2) is 67.2 Å². The summed E-state index contributed by atoms with van der Waals surface area (Å²) in [7, 11) is 0. The number of carbonyl (C=O) groups is 8. The fraction of sp³-hybridized carbons (Fsp3) is 0. The minimum absolute atomic E-state index is 0.235. The molecule has 0 N–H and O–H groups in total. The maximum absolute atomic E-state index is 13.0. The maximum Gasteiger partial charge on any atom is 0.267 e. The Morgan fingerprint density at radius 1 is 0.273 bits per heavy atom. The van der Waals surface area contributed by atoms with Crippen LogP contribution in [0, 0.1) is 0 Å². The standard InChI is InChI=1S/C26H14N4O4.C24H12N4O4/c31-23-19-9-11-27-13-21(19)25(33)29(23)17-5-1-15(2-6-17)16-3-7-18(8-4-16)30-24(32)20-10-12-28-14-22(20)26(30)34;29-21-15-7-9-25-11-17(15)23(31)27(21)19-5-6-20(14-4-2-1-3-13(14)19)28-22(30)16-8-10-26-12-18(16)24(28)32/h1-14H;1-12H. The van der Waals surface area contributed by atoms with Gasteiger partial charge in [-0.25, -0.2) is 19.6 Å². The third kappa shape index (κ3) is 5.86. The van der Waals surface area contributed by atoms with Gasteiger partial charge in [-0.2, -0.15) is 0 Å². The highest BCUT2D eigenvalue weighted by Crippen LogP contribution is 2.40. The van der Waals surface area contributed by atoms with E-state index < -0.39 is 35.4 Å². The summed E-state index contributed by atoms with van der Waals surface area (Å²) in [6.07, 6.45) is 11.4. The van der Waals surface area contributed by atoms with E-state index >= 15 is 0 Å². The Kier molecular flexibility index (Phi) is 8.89. The van der Waals surface area contributed by atoms with Crippen LogP contribution in [0.5, 0.6) is 0 Å². The molecule has 8 aromatic rings. The van der Waals surface area contributed by atoms with Crippen molar-refractivity contribution in [2.24, 2.45) is 0 Å². The normalized spacial score (nSPS) is 14.8. The molecule has 0 fully saturated rings. The van der Waals surface area contributed by atoms with E-state index in [2.05, 4.69) is 19.9 Å². The summed E-state index contributed by atoms with van der Waals surface area (Å²) in [6, 6.07) is 30.3. The maximum atomic E-state index is 13.0. The number of pyridine rings is 4. The Morgan fingerprint density at radius 3 is 0.848 bits per heavy atom. The lowest BCUT2D eigenvalue weighted by Gasteiger charge is -2.21. The second-order valence-electron chi connectivity index (χ2n) is 15.2. The third-order valence-corrected chi connectivity index (χ3v) is 11.7. The van der Waals surface area contributed by atoms with Crippen molar-refractivity contribution in [1.82, 2.24) is 19.9 Å². The van der Waals surface area contributed by atoms with Gasteiger partial charge in [0.25, 0.3) is 47.3 Å². The first-order valence-corrected chi connectivity index (χ1v) is 20.2. The number of hydrogen-bond acceptors (Lipinski definition) is 12. The van der Waals surface area contributed by atoms with E-state index in [1.54, 1.807) is 84.9 Å². The van der Waals surface area contributed by atoms with E-state index in [4.69, 9.17) is 0 Å². The van der Waals surface area contributed by atoms with Gasteiger partial charge in [-0.3, -0.25) is 58.3 Å². The largest absolute Gasteiger partial charge is 0.268 e. The SMILES string of the molecule is O=C1c2ccncc2C(=O)N1c1ccc(-c2ccc(N3C(=O)c4ccncc4C3=O)cc2)cc1.O=C1c2ccncc2C(=O)N1c1ccc(N2C(=O)c3ccncc3C2=O)c2ccccc12. The summed E-state index contributed by atoms with van der Waals surface area (Å²) in [5.74, 6) is -3.39. The van der Waals surface area contributed by atoms with E-state index in [1.807, 2.05) is 0 Å². The fourth-order valence-electron chi connectivity index (χ4n) is 8.51. The molecule has 0 saturated carbocycles. The Hall–Kier alpha value is -9.70. The van der Waals surface area contributed by atoms with E-state index in [-0.39, 0.29) is 45.2 Å². The molecule has 4 aromatic carbocycles. The van der Waals surface area contributed by atoms with Crippen LogP contribution in [0.3, 0.4) is 0 Å². The van der Waals surface area contributed by atoms with Crippen molar-refractivity contribution in [1.29, 1.82) is 0 Å². The van der Waals surface area contributed by atoms with Gasteiger partial charge in [0.2, 0.25) is 0 Å². The lowest BCUT2D eigenvalue weighted by molar-refractivity contribution is 0.0910. The summed E-state index contributed by atoms with van der Waals surface area (Å²) in [5, 5.41) is 1.12. The summed E-state index contributed by atoms with van der Waals surface area (Å²) < 4.78 is 0. The van der Waals surface area contributed by atoms with Crippen LogP contribution in [0.25, 0.3) is 21.9 Å². The van der Waals surface area contributed by atoms with Crippen molar-refractivity contribution < 1.29 is 38.4 Å². The molecule has 0 radical (unpaired) electrons. The van der Waals surface area contributed by atoms with Gasteiger partial charge in [-0.1, -0.05) is 48.5 Å². The van der Waals surface area contributed by atoms with E-state index in [9.17, 15) is 38.4 Å². The molecule has 0 aliphatic carbocycles. The number of hydrogen-bond donors (Lipinski definition) is 0. The molecule has 16 nitrogen and oxygen atoms in total. The van der Waals surface area contributed by atoms with Crippen LogP contribution in [0.1, 0.15) is 82.9 Å². The smallest absolute Gasteiger partial charge is 0.267 e. The Morgan fingerprint density at radius 2 is 0.545 bits per heavy atom. The number of carbonyl (C=O) groups excluding carboxylic acids is 8.